The molecule has 0 saturated carbocycles. The van der Waals surface area contributed by atoms with Gasteiger partial charge in [0.1, 0.15) is 11.4 Å². The van der Waals surface area contributed by atoms with Crippen molar-refractivity contribution in [2.45, 2.75) is 18.7 Å². The Kier molecular flexibility index (Phi) is 4.34. The van der Waals surface area contributed by atoms with Crippen molar-refractivity contribution in [1.29, 1.82) is 5.26 Å². The van der Waals surface area contributed by atoms with Crippen LogP contribution in [0.1, 0.15) is 29.8 Å². The maximum atomic E-state index is 12.4. The second kappa shape index (κ2) is 6.43. The Morgan fingerprint density at radius 3 is 2.62 bits per heavy atom. The van der Waals surface area contributed by atoms with E-state index in [0.717, 1.165) is 5.56 Å². The van der Waals surface area contributed by atoms with E-state index >= 15 is 0 Å². The van der Waals surface area contributed by atoms with Crippen LogP contribution >= 0.6 is 0 Å². The molecule has 3 rings (SSSR count). The number of aromatic nitrogens is 1. The Bertz CT molecular complexity index is 1000. The lowest BCUT2D eigenvalue weighted by Gasteiger charge is -2.14. The summed E-state index contributed by atoms with van der Waals surface area (Å²) in [5.41, 5.74) is 2.25. The van der Waals surface area contributed by atoms with Crippen molar-refractivity contribution in [3.05, 3.63) is 65.4 Å². The van der Waals surface area contributed by atoms with Gasteiger partial charge in [0.2, 0.25) is 10.0 Å². The SMILES string of the molecule is C[C@@H](NS(=O)(=O)Cc1noc2ccccc12)c1ccc(C#N)cc1. The molecule has 1 atom stereocenters. The molecule has 6 nitrogen and oxygen atoms in total. The van der Waals surface area contributed by atoms with Crippen LogP contribution in [0.5, 0.6) is 0 Å². The zero-order valence-corrected chi connectivity index (χ0v) is 13.7. The van der Waals surface area contributed by atoms with Gasteiger partial charge in [0.25, 0.3) is 0 Å². The number of nitrogens with one attached hydrogen (secondary N) is 1. The maximum Gasteiger partial charge on any atom is 0.218 e. The second-order valence-corrected chi connectivity index (χ2v) is 7.21. The molecule has 0 aliphatic carbocycles. The van der Waals surface area contributed by atoms with E-state index in [1.54, 1.807) is 49.4 Å². The number of nitrogens with zero attached hydrogens (tertiary/aromatic N) is 2. The second-order valence-electron chi connectivity index (χ2n) is 5.46. The molecule has 0 aliphatic heterocycles. The highest BCUT2D eigenvalue weighted by atomic mass is 32.2. The normalized spacial score (nSPS) is 12.8. The molecule has 1 N–H and O–H groups in total. The van der Waals surface area contributed by atoms with Crippen LogP contribution in [-0.4, -0.2) is 13.6 Å². The lowest BCUT2D eigenvalue weighted by Crippen LogP contribution is -2.28. The predicted octanol–water partition coefficient (Wildman–Crippen LogP) is 2.88. The average Bonchev–Trinajstić information content (AvgIpc) is 2.97. The highest BCUT2D eigenvalue weighted by molar-refractivity contribution is 7.88. The van der Waals surface area contributed by atoms with Gasteiger partial charge in [-0.25, -0.2) is 13.1 Å². The summed E-state index contributed by atoms with van der Waals surface area (Å²) in [6.07, 6.45) is 0. The molecule has 0 saturated heterocycles. The van der Waals surface area contributed by atoms with E-state index in [1.807, 2.05) is 12.1 Å². The van der Waals surface area contributed by atoms with Crippen molar-refractivity contribution >= 4 is 21.0 Å². The molecule has 122 valence electrons. The lowest BCUT2D eigenvalue weighted by molar-refractivity contribution is 0.448. The fourth-order valence-corrected chi connectivity index (χ4v) is 3.77. The average molecular weight is 341 g/mol. The highest BCUT2D eigenvalue weighted by Gasteiger charge is 2.20. The van der Waals surface area contributed by atoms with Crippen LogP contribution in [0.3, 0.4) is 0 Å². The highest BCUT2D eigenvalue weighted by Crippen LogP contribution is 2.21. The Labute approximate surface area is 139 Å². The molecule has 1 aromatic heterocycles. The molecular weight excluding hydrogens is 326 g/mol. The maximum absolute atomic E-state index is 12.4. The van der Waals surface area contributed by atoms with Crippen LogP contribution in [0.2, 0.25) is 0 Å². The summed E-state index contributed by atoms with van der Waals surface area (Å²) in [4.78, 5) is 0. The van der Waals surface area contributed by atoms with Crippen LogP contribution in [0.25, 0.3) is 11.0 Å². The Balaban J connectivity index is 1.76. The van der Waals surface area contributed by atoms with Gasteiger partial charge in [-0.2, -0.15) is 5.26 Å². The molecule has 0 unspecified atom stereocenters. The molecular formula is C17H15N3O3S. The predicted molar refractivity (Wildman–Crippen MR) is 89.3 cm³/mol. The molecule has 3 aromatic rings. The number of sulfonamides is 1. The Morgan fingerprint density at radius 1 is 1.21 bits per heavy atom. The minimum Gasteiger partial charge on any atom is -0.356 e. The molecule has 2 aromatic carbocycles. The van der Waals surface area contributed by atoms with E-state index in [0.29, 0.717) is 22.2 Å². The lowest BCUT2D eigenvalue weighted by atomic mass is 10.1. The van der Waals surface area contributed by atoms with Gasteiger partial charge >= 0.3 is 0 Å². The summed E-state index contributed by atoms with van der Waals surface area (Å²) in [6, 6.07) is 15.5. The number of benzene rings is 2. The molecule has 1 heterocycles. The third-order valence-electron chi connectivity index (χ3n) is 3.68. The van der Waals surface area contributed by atoms with E-state index in [-0.39, 0.29) is 5.75 Å². The molecule has 0 aliphatic rings. The Morgan fingerprint density at radius 2 is 1.92 bits per heavy atom. The first-order chi connectivity index (χ1) is 11.5. The van der Waals surface area contributed by atoms with Crippen LogP contribution in [-0.2, 0) is 15.8 Å². The van der Waals surface area contributed by atoms with E-state index in [9.17, 15) is 8.42 Å². The van der Waals surface area contributed by atoms with Crippen molar-refractivity contribution in [1.82, 2.24) is 9.88 Å². The van der Waals surface area contributed by atoms with Crippen molar-refractivity contribution in [3.8, 4) is 6.07 Å². The standard InChI is InChI=1S/C17H15N3O3S/c1-12(14-8-6-13(10-18)7-9-14)20-24(21,22)11-16-15-4-2-3-5-17(15)23-19-16/h2-9,12,20H,11H2,1H3/t12-/m1/s1. The van der Waals surface area contributed by atoms with Crippen LogP contribution in [0, 0.1) is 11.3 Å². The Hall–Kier alpha value is -2.69. The smallest absolute Gasteiger partial charge is 0.218 e. The third-order valence-corrected chi connectivity index (χ3v) is 5.04. The van der Waals surface area contributed by atoms with Crippen LogP contribution in [0.4, 0.5) is 0 Å². The van der Waals surface area contributed by atoms with Gasteiger partial charge in [-0.3, -0.25) is 0 Å². The number of nitriles is 1. The van der Waals surface area contributed by atoms with Crippen molar-refractivity contribution in [2.75, 3.05) is 0 Å². The minimum absolute atomic E-state index is 0.259. The summed E-state index contributed by atoms with van der Waals surface area (Å²) < 4.78 is 32.6. The van der Waals surface area contributed by atoms with Gasteiger partial charge in [0.15, 0.2) is 5.58 Å². The summed E-state index contributed by atoms with van der Waals surface area (Å²) in [5.74, 6) is -0.259. The fraction of sp³-hybridized carbons (Fsp3) is 0.176. The minimum atomic E-state index is -3.60. The number of rotatable bonds is 5. The number of para-hydroxylation sites is 1. The van der Waals surface area contributed by atoms with Gasteiger partial charge in [-0.05, 0) is 36.8 Å². The molecule has 0 bridgehead atoms. The molecule has 24 heavy (non-hydrogen) atoms. The van der Waals surface area contributed by atoms with Gasteiger partial charge in [0, 0.05) is 11.4 Å². The van der Waals surface area contributed by atoms with Gasteiger partial charge in [-0.1, -0.05) is 29.4 Å². The van der Waals surface area contributed by atoms with Crippen molar-refractivity contribution in [3.63, 3.8) is 0 Å². The summed E-state index contributed by atoms with van der Waals surface area (Å²) in [6.45, 7) is 1.75. The third kappa shape index (κ3) is 3.45. The number of fused-ring (bicyclic) bond motifs is 1. The molecule has 7 heteroatoms. The molecule has 0 amide bonds. The molecule has 0 fully saturated rings. The van der Waals surface area contributed by atoms with Gasteiger partial charge < -0.3 is 4.52 Å². The van der Waals surface area contributed by atoms with E-state index in [2.05, 4.69) is 9.88 Å². The topological polar surface area (TPSA) is 96.0 Å². The van der Waals surface area contributed by atoms with Crippen molar-refractivity contribution < 1.29 is 12.9 Å². The molecule has 0 spiro atoms. The van der Waals surface area contributed by atoms with Gasteiger partial charge in [0.05, 0.1) is 11.6 Å². The number of hydrogen-bond acceptors (Lipinski definition) is 5. The van der Waals surface area contributed by atoms with Crippen LogP contribution in [0.15, 0.2) is 53.1 Å². The first kappa shape index (κ1) is 16.2. The molecule has 0 radical (unpaired) electrons. The monoisotopic (exact) mass is 341 g/mol. The van der Waals surface area contributed by atoms with Crippen molar-refractivity contribution in [2.24, 2.45) is 0 Å². The van der Waals surface area contributed by atoms with E-state index in [4.69, 9.17) is 9.78 Å². The summed E-state index contributed by atoms with van der Waals surface area (Å²) in [7, 11) is -3.60. The fourth-order valence-electron chi connectivity index (χ4n) is 2.45. The number of hydrogen-bond donors (Lipinski definition) is 1. The zero-order chi connectivity index (χ0) is 17.2. The first-order valence-corrected chi connectivity index (χ1v) is 8.97. The van der Waals surface area contributed by atoms with E-state index < -0.39 is 16.1 Å². The summed E-state index contributed by atoms with van der Waals surface area (Å²) in [5, 5.41) is 13.3. The summed E-state index contributed by atoms with van der Waals surface area (Å²) >= 11 is 0. The largest absolute Gasteiger partial charge is 0.356 e. The first-order valence-electron chi connectivity index (χ1n) is 7.32. The quantitative estimate of drug-likeness (QED) is 0.770. The zero-order valence-electron chi connectivity index (χ0n) is 12.9. The van der Waals surface area contributed by atoms with Crippen LogP contribution < -0.4 is 4.72 Å². The van der Waals surface area contributed by atoms with Gasteiger partial charge in [-0.15, -0.1) is 0 Å². The van der Waals surface area contributed by atoms with E-state index in [1.165, 1.54) is 0 Å².